The molecule has 28 heavy (non-hydrogen) atoms. The Bertz CT molecular complexity index is 980. The maximum absolute atomic E-state index is 12.5. The molecule has 0 fully saturated rings. The molecule has 3 rings (SSSR count). The first-order chi connectivity index (χ1) is 13.5. The highest BCUT2D eigenvalue weighted by atomic mass is 19.3. The van der Waals surface area contributed by atoms with Crippen LogP contribution in [0.1, 0.15) is 24.8 Å². The molecule has 0 saturated carbocycles. The zero-order valence-electron chi connectivity index (χ0n) is 14.9. The monoisotopic (exact) mass is 389 g/mol. The molecule has 0 aliphatic rings. The van der Waals surface area contributed by atoms with Crippen LogP contribution in [-0.4, -0.2) is 29.3 Å². The predicted octanol–water partition coefficient (Wildman–Crippen LogP) is 4.84. The van der Waals surface area contributed by atoms with Crippen molar-refractivity contribution in [1.29, 1.82) is 0 Å². The number of carbonyl (C=O) groups is 1. The zero-order valence-corrected chi connectivity index (χ0v) is 14.9. The molecule has 2 aromatic carbocycles. The Morgan fingerprint density at radius 2 is 2.04 bits per heavy atom. The summed E-state index contributed by atoms with van der Waals surface area (Å²) in [6.45, 7) is -1.02. The van der Waals surface area contributed by atoms with Crippen LogP contribution in [0.2, 0.25) is 0 Å². The molecule has 1 N–H and O–H groups in total. The summed E-state index contributed by atoms with van der Waals surface area (Å²) in [5, 5.41) is 9.24. The topological polar surface area (TPSA) is 81.8 Å². The summed E-state index contributed by atoms with van der Waals surface area (Å²) in [5.41, 5.74) is 1.99. The number of ether oxygens (including phenoxy) is 2. The molecule has 0 radical (unpaired) electrons. The Morgan fingerprint density at radius 1 is 1.25 bits per heavy atom. The lowest BCUT2D eigenvalue weighted by atomic mass is 10.1. The van der Waals surface area contributed by atoms with E-state index in [-0.39, 0.29) is 30.4 Å². The molecule has 1 heterocycles. The van der Waals surface area contributed by atoms with E-state index >= 15 is 0 Å². The van der Waals surface area contributed by atoms with Crippen LogP contribution in [0, 0.1) is 0 Å². The van der Waals surface area contributed by atoms with E-state index in [1.54, 1.807) is 37.3 Å². The van der Waals surface area contributed by atoms with Crippen molar-refractivity contribution >= 4 is 28.7 Å². The second-order valence-electron chi connectivity index (χ2n) is 5.74. The van der Waals surface area contributed by atoms with Gasteiger partial charge in [-0.05, 0) is 42.8 Å². The number of carboxylic acid groups (broad SMARTS) is 1. The van der Waals surface area contributed by atoms with E-state index in [1.165, 1.54) is 18.2 Å². The Labute approximate surface area is 159 Å². The van der Waals surface area contributed by atoms with Crippen LogP contribution >= 0.6 is 0 Å². The van der Waals surface area contributed by atoms with Gasteiger partial charge in [0, 0.05) is 5.57 Å². The summed E-state index contributed by atoms with van der Waals surface area (Å²) in [5.74, 6) is -0.856. The van der Waals surface area contributed by atoms with Gasteiger partial charge in [0.25, 0.3) is 0 Å². The first-order valence-electron chi connectivity index (χ1n) is 8.46. The highest BCUT2D eigenvalue weighted by Crippen LogP contribution is 2.32. The maximum atomic E-state index is 12.5. The van der Waals surface area contributed by atoms with Crippen LogP contribution in [0.5, 0.6) is 11.5 Å². The normalized spacial score (nSPS) is 11.8. The number of hydrogen-bond donors (Lipinski definition) is 1. The summed E-state index contributed by atoms with van der Waals surface area (Å²) >= 11 is 0. The molecule has 0 bridgehead atoms. The number of aliphatic carboxylic acids is 1. The molecular weight excluding hydrogens is 372 g/mol. The van der Waals surface area contributed by atoms with Crippen LogP contribution in [0.4, 0.5) is 8.78 Å². The number of hydrogen-bond acceptors (Lipinski definition) is 5. The smallest absolute Gasteiger partial charge is 0.387 e. The third-order valence-electron chi connectivity index (χ3n) is 3.73. The Morgan fingerprint density at radius 3 is 2.71 bits per heavy atom. The van der Waals surface area contributed by atoms with E-state index in [4.69, 9.17) is 9.15 Å². The Kier molecular flexibility index (Phi) is 5.88. The first kappa shape index (κ1) is 19.3. The summed E-state index contributed by atoms with van der Waals surface area (Å²) < 4.78 is 40.5. The molecule has 0 amide bonds. The highest BCUT2D eigenvalue weighted by Gasteiger charge is 2.16. The van der Waals surface area contributed by atoms with Gasteiger partial charge in [0.2, 0.25) is 5.89 Å². The summed E-state index contributed by atoms with van der Waals surface area (Å²) in [6, 6.07) is 11.4. The number of aromatic nitrogens is 1. The van der Waals surface area contributed by atoms with Gasteiger partial charge >= 0.3 is 12.6 Å². The molecule has 0 aliphatic heterocycles. The highest BCUT2D eigenvalue weighted by molar-refractivity contribution is 5.91. The van der Waals surface area contributed by atoms with Crippen molar-refractivity contribution < 1.29 is 32.6 Å². The van der Waals surface area contributed by atoms with Crippen LogP contribution in [0.25, 0.3) is 22.7 Å². The molecule has 6 nitrogen and oxygen atoms in total. The van der Waals surface area contributed by atoms with Crippen molar-refractivity contribution in [3.63, 3.8) is 0 Å². The van der Waals surface area contributed by atoms with Gasteiger partial charge in [0.1, 0.15) is 5.52 Å². The van der Waals surface area contributed by atoms with E-state index in [1.807, 2.05) is 0 Å². The minimum absolute atomic E-state index is 0.101. The molecule has 0 saturated heterocycles. The SMILES string of the molecule is CCOc1cc(/C=C(\CC(=O)O)c2nc3ccccc3o2)ccc1OC(F)F. The largest absolute Gasteiger partial charge is 0.490 e. The van der Waals surface area contributed by atoms with Gasteiger partial charge in [-0.25, -0.2) is 4.98 Å². The first-order valence-corrected chi connectivity index (χ1v) is 8.46. The summed E-state index contributed by atoms with van der Waals surface area (Å²) in [7, 11) is 0. The lowest BCUT2D eigenvalue weighted by molar-refractivity contribution is -0.135. The number of fused-ring (bicyclic) bond motifs is 1. The van der Waals surface area contributed by atoms with Gasteiger partial charge in [-0.1, -0.05) is 18.2 Å². The minimum Gasteiger partial charge on any atom is -0.490 e. The number of nitrogens with zero attached hydrogens (tertiary/aromatic N) is 1. The summed E-state index contributed by atoms with van der Waals surface area (Å²) in [6.07, 6.45) is 1.24. The van der Waals surface area contributed by atoms with Crippen molar-refractivity contribution in [2.75, 3.05) is 6.61 Å². The molecule has 0 unspecified atom stereocenters. The lowest BCUT2D eigenvalue weighted by Crippen LogP contribution is -2.04. The third-order valence-corrected chi connectivity index (χ3v) is 3.73. The molecule has 3 aromatic rings. The van der Waals surface area contributed by atoms with E-state index in [0.29, 0.717) is 22.2 Å². The van der Waals surface area contributed by atoms with Crippen LogP contribution in [0.15, 0.2) is 46.9 Å². The van der Waals surface area contributed by atoms with Gasteiger partial charge in [-0.3, -0.25) is 4.79 Å². The van der Waals surface area contributed by atoms with Crippen molar-refractivity contribution in [2.45, 2.75) is 20.0 Å². The Hall–Kier alpha value is -3.42. The van der Waals surface area contributed by atoms with Crippen molar-refractivity contribution in [3.8, 4) is 11.5 Å². The molecule has 0 aliphatic carbocycles. The number of benzene rings is 2. The van der Waals surface area contributed by atoms with Crippen LogP contribution in [0.3, 0.4) is 0 Å². The number of rotatable bonds is 8. The molecule has 0 spiro atoms. The van der Waals surface area contributed by atoms with E-state index in [0.717, 1.165) is 0 Å². The van der Waals surface area contributed by atoms with Gasteiger partial charge in [-0.2, -0.15) is 8.78 Å². The zero-order chi connectivity index (χ0) is 20.1. The van der Waals surface area contributed by atoms with Crippen LogP contribution < -0.4 is 9.47 Å². The predicted molar refractivity (Wildman–Crippen MR) is 98.4 cm³/mol. The lowest BCUT2D eigenvalue weighted by Gasteiger charge is -2.12. The minimum atomic E-state index is -2.98. The second kappa shape index (κ2) is 8.51. The molecular formula is C20H17F2NO5. The fourth-order valence-electron chi connectivity index (χ4n) is 2.64. The average molecular weight is 389 g/mol. The average Bonchev–Trinajstić information content (AvgIpc) is 3.07. The molecule has 8 heteroatoms. The quantitative estimate of drug-likeness (QED) is 0.593. The van der Waals surface area contributed by atoms with Gasteiger partial charge in [0.15, 0.2) is 17.1 Å². The number of oxazole rings is 1. The van der Waals surface area contributed by atoms with Crippen molar-refractivity contribution in [1.82, 2.24) is 4.98 Å². The standard InChI is InChI=1S/C20H17F2NO5/c1-2-26-17-10-12(7-8-16(17)28-20(21)22)9-13(11-18(24)25)19-23-14-5-3-4-6-15(14)27-19/h3-10,20H,2,11H2,1H3,(H,24,25)/b13-9+. The fraction of sp³-hybridized carbons (Fsp3) is 0.200. The third kappa shape index (κ3) is 4.64. The maximum Gasteiger partial charge on any atom is 0.387 e. The van der Waals surface area contributed by atoms with E-state index in [9.17, 15) is 18.7 Å². The number of alkyl halides is 2. The van der Waals surface area contributed by atoms with Gasteiger partial charge in [0.05, 0.1) is 13.0 Å². The molecule has 146 valence electrons. The molecule has 1 aromatic heterocycles. The fourth-order valence-corrected chi connectivity index (χ4v) is 2.64. The summed E-state index contributed by atoms with van der Waals surface area (Å²) in [4.78, 5) is 15.6. The number of carboxylic acids is 1. The number of halogens is 2. The Balaban J connectivity index is 2.02. The van der Waals surface area contributed by atoms with Gasteiger partial charge in [-0.15, -0.1) is 0 Å². The van der Waals surface area contributed by atoms with E-state index in [2.05, 4.69) is 9.72 Å². The van der Waals surface area contributed by atoms with Crippen molar-refractivity contribution in [2.24, 2.45) is 0 Å². The number of para-hydroxylation sites is 2. The second-order valence-corrected chi connectivity index (χ2v) is 5.74. The van der Waals surface area contributed by atoms with Crippen LogP contribution in [-0.2, 0) is 4.79 Å². The van der Waals surface area contributed by atoms with E-state index < -0.39 is 12.6 Å². The van der Waals surface area contributed by atoms with Crippen molar-refractivity contribution in [3.05, 3.63) is 53.9 Å². The molecule has 0 atom stereocenters. The van der Waals surface area contributed by atoms with Gasteiger partial charge < -0.3 is 19.0 Å².